The van der Waals surface area contributed by atoms with E-state index in [-0.39, 0.29) is 15.7 Å². The molecule has 0 spiro atoms. The Labute approximate surface area is 113 Å². The highest BCUT2D eigenvalue weighted by atomic mass is 35.5. The number of hydrogen-bond donors (Lipinski definition) is 1. The minimum absolute atomic E-state index is 0.0904. The van der Waals surface area contributed by atoms with Crippen LogP contribution in [-0.4, -0.2) is 10.9 Å². The number of amides is 1. The normalized spacial score (nSPS) is 10.2. The van der Waals surface area contributed by atoms with E-state index in [0.29, 0.717) is 5.69 Å². The van der Waals surface area contributed by atoms with Crippen LogP contribution in [-0.2, 0) is 0 Å². The first kappa shape index (κ1) is 12.8. The lowest BCUT2D eigenvalue weighted by atomic mass is 10.2. The Morgan fingerprint density at radius 1 is 1.22 bits per heavy atom. The van der Waals surface area contributed by atoms with Crippen molar-refractivity contribution in [3.8, 4) is 0 Å². The topological polar surface area (TPSA) is 42.0 Å². The number of anilines is 1. The molecule has 1 N–H and O–H groups in total. The average Bonchev–Trinajstić information content (AvgIpc) is 2.28. The van der Waals surface area contributed by atoms with E-state index < -0.39 is 11.7 Å². The summed E-state index contributed by atoms with van der Waals surface area (Å²) in [7, 11) is 0. The number of rotatable bonds is 2. The molecule has 0 bridgehead atoms. The highest BCUT2D eigenvalue weighted by Gasteiger charge is 2.12. The SMILES string of the molecule is O=C(Nc1ccnc(Cl)c1)c1ccc(Cl)cc1F. The summed E-state index contributed by atoms with van der Waals surface area (Å²) >= 11 is 11.3. The molecule has 0 aliphatic rings. The molecule has 6 heteroatoms. The zero-order valence-electron chi connectivity index (χ0n) is 8.95. The third-order valence-corrected chi connectivity index (χ3v) is 2.60. The maximum Gasteiger partial charge on any atom is 0.258 e. The number of pyridine rings is 1. The van der Waals surface area contributed by atoms with Gasteiger partial charge in [-0.15, -0.1) is 0 Å². The number of nitrogens with one attached hydrogen (secondary N) is 1. The number of benzene rings is 1. The summed E-state index contributed by atoms with van der Waals surface area (Å²) in [5.41, 5.74) is 0.349. The van der Waals surface area contributed by atoms with Crippen LogP contribution in [0.4, 0.5) is 10.1 Å². The molecule has 1 aromatic carbocycles. The van der Waals surface area contributed by atoms with Gasteiger partial charge >= 0.3 is 0 Å². The highest BCUT2D eigenvalue weighted by Crippen LogP contribution is 2.17. The van der Waals surface area contributed by atoms with E-state index in [0.717, 1.165) is 6.07 Å². The molecular weight excluding hydrogens is 278 g/mol. The van der Waals surface area contributed by atoms with Crippen LogP contribution in [0.2, 0.25) is 10.2 Å². The standard InChI is InChI=1S/C12H7Cl2FN2O/c13-7-1-2-9(10(15)5-7)12(18)17-8-3-4-16-11(14)6-8/h1-6H,(H,16,17,18). The van der Waals surface area contributed by atoms with E-state index in [9.17, 15) is 9.18 Å². The molecule has 18 heavy (non-hydrogen) atoms. The van der Waals surface area contributed by atoms with Gasteiger partial charge in [-0.2, -0.15) is 0 Å². The van der Waals surface area contributed by atoms with Gasteiger partial charge in [0.15, 0.2) is 0 Å². The van der Waals surface area contributed by atoms with E-state index >= 15 is 0 Å². The van der Waals surface area contributed by atoms with Crippen LogP contribution in [0.25, 0.3) is 0 Å². The number of carbonyl (C=O) groups excluding carboxylic acids is 1. The number of nitrogens with zero attached hydrogens (tertiary/aromatic N) is 1. The second-order valence-corrected chi connectivity index (χ2v) is 4.27. The Bertz CT molecular complexity index is 604. The smallest absolute Gasteiger partial charge is 0.258 e. The lowest BCUT2D eigenvalue weighted by Gasteiger charge is -2.06. The van der Waals surface area contributed by atoms with Crippen LogP contribution in [0.3, 0.4) is 0 Å². The molecule has 3 nitrogen and oxygen atoms in total. The van der Waals surface area contributed by atoms with Crippen molar-refractivity contribution in [2.24, 2.45) is 0 Å². The van der Waals surface area contributed by atoms with Crippen molar-refractivity contribution < 1.29 is 9.18 Å². The monoisotopic (exact) mass is 284 g/mol. The minimum Gasteiger partial charge on any atom is -0.322 e. The molecule has 0 saturated heterocycles. The molecule has 0 fully saturated rings. The van der Waals surface area contributed by atoms with Crippen LogP contribution in [0.15, 0.2) is 36.5 Å². The van der Waals surface area contributed by atoms with E-state index in [4.69, 9.17) is 23.2 Å². The summed E-state index contributed by atoms with van der Waals surface area (Å²) in [5.74, 6) is -1.26. The third kappa shape index (κ3) is 2.97. The highest BCUT2D eigenvalue weighted by molar-refractivity contribution is 6.30. The molecule has 0 unspecified atom stereocenters. The summed E-state index contributed by atoms with van der Waals surface area (Å²) in [6.45, 7) is 0. The molecule has 0 aliphatic carbocycles. The third-order valence-electron chi connectivity index (χ3n) is 2.16. The van der Waals surface area contributed by atoms with Gasteiger partial charge in [0.25, 0.3) is 5.91 Å². The molecule has 1 amide bonds. The fourth-order valence-electron chi connectivity index (χ4n) is 1.35. The molecular formula is C12H7Cl2FN2O. The molecule has 92 valence electrons. The number of hydrogen-bond acceptors (Lipinski definition) is 2. The first-order chi connectivity index (χ1) is 8.56. The molecule has 0 aliphatic heterocycles. The van der Waals surface area contributed by atoms with Crippen LogP contribution >= 0.6 is 23.2 Å². The van der Waals surface area contributed by atoms with Crippen LogP contribution < -0.4 is 5.32 Å². The summed E-state index contributed by atoms with van der Waals surface area (Å²) in [4.78, 5) is 15.6. The summed E-state index contributed by atoms with van der Waals surface area (Å²) in [6.07, 6.45) is 1.44. The van der Waals surface area contributed by atoms with Gasteiger partial charge in [-0.3, -0.25) is 4.79 Å². The van der Waals surface area contributed by atoms with Gasteiger partial charge in [0.1, 0.15) is 11.0 Å². The molecule has 1 aromatic heterocycles. The Morgan fingerprint density at radius 3 is 2.67 bits per heavy atom. The van der Waals surface area contributed by atoms with Crippen LogP contribution in [0.5, 0.6) is 0 Å². The summed E-state index contributed by atoms with van der Waals surface area (Å²) in [6, 6.07) is 6.86. The first-order valence-corrected chi connectivity index (χ1v) is 5.70. The summed E-state index contributed by atoms with van der Waals surface area (Å²) in [5, 5.41) is 2.99. The quantitative estimate of drug-likeness (QED) is 0.853. The fraction of sp³-hybridized carbons (Fsp3) is 0. The molecule has 0 atom stereocenters. The molecule has 1 heterocycles. The van der Waals surface area contributed by atoms with Gasteiger partial charge < -0.3 is 5.32 Å². The lowest BCUT2D eigenvalue weighted by molar-refractivity contribution is 0.102. The molecule has 0 radical (unpaired) electrons. The number of carbonyl (C=O) groups is 1. The average molecular weight is 285 g/mol. The zero-order valence-corrected chi connectivity index (χ0v) is 10.5. The van der Waals surface area contributed by atoms with Crippen molar-refractivity contribution in [3.63, 3.8) is 0 Å². The molecule has 0 saturated carbocycles. The Hall–Kier alpha value is -1.65. The van der Waals surface area contributed by atoms with Crippen molar-refractivity contribution in [2.75, 3.05) is 5.32 Å². The van der Waals surface area contributed by atoms with Crippen molar-refractivity contribution >= 4 is 34.8 Å². The van der Waals surface area contributed by atoms with Crippen molar-refractivity contribution in [3.05, 3.63) is 58.1 Å². The van der Waals surface area contributed by atoms with E-state index in [2.05, 4.69) is 10.3 Å². The van der Waals surface area contributed by atoms with Gasteiger partial charge in [-0.25, -0.2) is 9.37 Å². The molecule has 2 aromatic rings. The number of halogens is 3. The number of aromatic nitrogens is 1. The van der Waals surface area contributed by atoms with Crippen LogP contribution in [0.1, 0.15) is 10.4 Å². The fourth-order valence-corrected chi connectivity index (χ4v) is 1.68. The maximum absolute atomic E-state index is 13.5. The van der Waals surface area contributed by atoms with Crippen LogP contribution in [0, 0.1) is 5.82 Å². The van der Waals surface area contributed by atoms with Gasteiger partial charge in [0, 0.05) is 16.9 Å². The molecule has 2 rings (SSSR count). The predicted molar refractivity (Wildman–Crippen MR) is 68.6 cm³/mol. The lowest BCUT2D eigenvalue weighted by Crippen LogP contribution is -2.13. The maximum atomic E-state index is 13.5. The zero-order chi connectivity index (χ0) is 13.1. The Balaban J connectivity index is 2.22. The first-order valence-electron chi connectivity index (χ1n) is 4.94. The second-order valence-electron chi connectivity index (χ2n) is 3.45. The van der Waals surface area contributed by atoms with Gasteiger partial charge in [-0.1, -0.05) is 23.2 Å². The Kier molecular flexibility index (Phi) is 3.79. The second kappa shape index (κ2) is 5.33. The van der Waals surface area contributed by atoms with E-state index in [1.54, 1.807) is 6.07 Å². The summed E-state index contributed by atoms with van der Waals surface area (Å²) < 4.78 is 13.5. The van der Waals surface area contributed by atoms with Crippen molar-refractivity contribution in [1.82, 2.24) is 4.98 Å². The largest absolute Gasteiger partial charge is 0.322 e. The van der Waals surface area contributed by atoms with Gasteiger partial charge in [-0.05, 0) is 30.3 Å². The van der Waals surface area contributed by atoms with E-state index in [1.807, 2.05) is 0 Å². The Morgan fingerprint density at radius 2 is 2.00 bits per heavy atom. The van der Waals surface area contributed by atoms with Crippen molar-refractivity contribution in [2.45, 2.75) is 0 Å². The predicted octanol–water partition coefficient (Wildman–Crippen LogP) is 3.78. The van der Waals surface area contributed by atoms with Crippen molar-refractivity contribution in [1.29, 1.82) is 0 Å². The minimum atomic E-state index is -0.680. The van der Waals surface area contributed by atoms with Gasteiger partial charge in [0.2, 0.25) is 0 Å². The van der Waals surface area contributed by atoms with Gasteiger partial charge in [0.05, 0.1) is 5.56 Å². The van der Waals surface area contributed by atoms with E-state index in [1.165, 1.54) is 24.4 Å².